The number of pyridine rings is 1. The summed E-state index contributed by atoms with van der Waals surface area (Å²) in [6.07, 6.45) is 1.40. The number of sulfonamides is 1. The highest BCUT2D eigenvalue weighted by molar-refractivity contribution is 7.89. The van der Waals surface area contributed by atoms with Gasteiger partial charge >= 0.3 is 0 Å². The molecule has 1 fully saturated rings. The van der Waals surface area contributed by atoms with Gasteiger partial charge < -0.3 is 10.3 Å². The number of likely N-dealkylation sites (N-methyl/N-ethyl adjacent to an activating group) is 1. The summed E-state index contributed by atoms with van der Waals surface area (Å²) < 4.78 is 26.6. The highest BCUT2D eigenvalue weighted by atomic mass is 32.2. The maximum absolute atomic E-state index is 12.6. The highest BCUT2D eigenvalue weighted by Crippen LogP contribution is 2.17. The molecule has 1 aliphatic rings. The minimum absolute atomic E-state index is 0.105. The van der Waals surface area contributed by atoms with Crippen molar-refractivity contribution in [3.8, 4) is 0 Å². The SMILES string of the molecule is CN1CCN(S(=O)(=O)c2ccc(NNC(C)(C)C)nc2)CC1. The third-order valence-electron chi connectivity index (χ3n) is 3.40. The Kier molecular flexibility index (Phi) is 5.06. The molecule has 2 heterocycles. The van der Waals surface area contributed by atoms with Crippen molar-refractivity contribution < 1.29 is 8.42 Å². The van der Waals surface area contributed by atoms with Crippen LogP contribution < -0.4 is 10.9 Å². The Balaban J connectivity index is 2.06. The van der Waals surface area contributed by atoms with E-state index in [0.29, 0.717) is 18.9 Å². The molecule has 0 bridgehead atoms. The van der Waals surface area contributed by atoms with Gasteiger partial charge in [0.15, 0.2) is 0 Å². The summed E-state index contributed by atoms with van der Waals surface area (Å²) in [6, 6.07) is 3.26. The molecule has 0 aliphatic carbocycles. The van der Waals surface area contributed by atoms with Crippen molar-refractivity contribution in [2.75, 3.05) is 38.7 Å². The fourth-order valence-electron chi connectivity index (χ4n) is 2.04. The van der Waals surface area contributed by atoms with E-state index in [1.165, 1.54) is 10.5 Å². The number of hydrogen-bond donors (Lipinski definition) is 2. The van der Waals surface area contributed by atoms with Crippen molar-refractivity contribution in [2.45, 2.75) is 31.2 Å². The number of aromatic nitrogens is 1. The van der Waals surface area contributed by atoms with Gasteiger partial charge in [0, 0.05) is 37.9 Å². The van der Waals surface area contributed by atoms with Gasteiger partial charge in [0.05, 0.1) is 0 Å². The molecule has 2 N–H and O–H groups in total. The van der Waals surface area contributed by atoms with Crippen molar-refractivity contribution in [3.63, 3.8) is 0 Å². The minimum atomic E-state index is -3.45. The van der Waals surface area contributed by atoms with Crippen LogP contribution in [0.1, 0.15) is 20.8 Å². The molecular formula is C14H25N5O2S. The van der Waals surface area contributed by atoms with Gasteiger partial charge in [-0.1, -0.05) is 0 Å². The first-order valence-electron chi connectivity index (χ1n) is 7.36. The van der Waals surface area contributed by atoms with Crippen molar-refractivity contribution in [1.82, 2.24) is 19.6 Å². The second-order valence-corrected chi connectivity index (χ2v) is 8.52. The lowest BCUT2D eigenvalue weighted by atomic mass is 10.1. The van der Waals surface area contributed by atoms with Crippen LogP contribution in [0.5, 0.6) is 0 Å². The first kappa shape index (κ1) is 17.1. The van der Waals surface area contributed by atoms with Crippen molar-refractivity contribution in [3.05, 3.63) is 18.3 Å². The van der Waals surface area contributed by atoms with Crippen LogP contribution in [-0.2, 0) is 10.0 Å². The van der Waals surface area contributed by atoms with Crippen LogP contribution in [0.15, 0.2) is 23.2 Å². The van der Waals surface area contributed by atoms with Crippen molar-refractivity contribution >= 4 is 15.8 Å². The smallest absolute Gasteiger partial charge is 0.244 e. The number of nitrogens with zero attached hydrogens (tertiary/aromatic N) is 3. The molecule has 7 nitrogen and oxygen atoms in total. The van der Waals surface area contributed by atoms with Crippen LogP contribution in [0.3, 0.4) is 0 Å². The Morgan fingerprint density at radius 2 is 1.77 bits per heavy atom. The van der Waals surface area contributed by atoms with Gasteiger partial charge in [0.1, 0.15) is 10.7 Å². The zero-order chi connectivity index (χ0) is 16.4. The fraction of sp³-hybridized carbons (Fsp3) is 0.643. The second kappa shape index (κ2) is 6.49. The lowest BCUT2D eigenvalue weighted by Gasteiger charge is -2.31. The van der Waals surface area contributed by atoms with Gasteiger partial charge in [-0.15, -0.1) is 0 Å². The Hall–Kier alpha value is -1.22. The molecular weight excluding hydrogens is 302 g/mol. The first-order chi connectivity index (χ1) is 10.2. The van der Waals surface area contributed by atoms with Crippen molar-refractivity contribution in [1.29, 1.82) is 0 Å². The molecule has 0 unspecified atom stereocenters. The largest absolute Gasteiger partial charge is 0.305 e. The number of rotatable bonds is 4. The number of piperazine rings is 1. The Morgan fingerprint density at radius 1 is 1.14 bits per heavy atom. The van der Waals surface area contributed by atoms with Gasteiger partial charge in [-0.3, -0.25) is 0 Å². The van der Waals surface area contributed by atoms with Crippen LogP contribution >= 0.6 is 0 Å². The van der Waals surface area contributed by atoms with Crippen LogP contribution in [0.25, 0.3) is 0 Å². The van der Waals surface area contributed by atoms with E-state index in [1.54, 1.807) is 12.1 Å². The topological polar surface area (TPSA) is 77.6 Å². The summed E-state index contributed by atoms with van der Waals surface area (Å²) >= 11 is 0. The maximum atomic E-state index is 12.6. The molecule has 8 heteroatoms. The van der Waals surface area contributed by atoms with Gasteiger partial charge in [-0.05, 0) is 40.0 Å². The van der Waals surface area contributed by atoms with E-state index in [-0.39, 0.29) is 10.4 Å². The van der Waals surface area contributed by atoms with E-state index in [0.717, 1.165) is 13.1 Å². The van der Waals surface area contributed by atoms with E-state index in [1.807, 2.05) is 27.8 Å². The zero-order valence-corrected chi connectivity index (χ0v) is 14.4. The van der Waals surface area contributed by atoms with Gasteiger partial charge in [-0.2, -0.15) is 4.31 Å². The molecule has 0 saturated carbocycles. The maximum Gasteiger partial charge on any atom is 0.244 e. The molecule has 2 rings (SSSR count). The summed E-state index contributed by atoms with van der Waals surface area (Å²) in [5, 5.41) is 0. The van der Waals surface area contributed by atoms with Crippen LogP contribution in [0.2, 0.25) is 0 Å². The Bertz CT molecular complexity index is 587. The van der Waals surface area contributed by atoms with Crippen LogP contribution in [0.4, 0.5) is 5.82 Å². The van der Waals surface area contributed by atoms with Crippen LogP contribution in [-0.4, -0.2) is 61.4 Å². The summed E-state index contributed by atoms with van der Waals surface area (Å²) in [6.45, 7) is 8.60. The number of hydrazine groups is 1. The average Bonchev–Trinajstić information content (AvgIpc) is 2.45. The summed E-state index contributed by atoms with van der Waals surface area (Å²) in [5.41, 5.74) is 5.95. The van der Waals surface area contributed by atoms with Gasteiger partial charge in [-0.25, -0.2) is 18.8 Å². The number of nitrogens with one attached hydrogen (secondary N) is 2. The molecule has 0 aromatic carbocycles. The second-order valence-electron chi connectivity index (χ2n) is 6.59. The summed E-state index contributed by atoms with van der Waals surface area (Å²) in [4.78, 5) is 6.52. The third-order valence-corrected chi connectivity index (χ3v) is 5.28. The van der Waals surface area contributed by atoms with Gasteiger partial charge in [0.2, 0.25) is 10.0 Å². The van der Waals surface area contributed by atoms with Gasteiger partial charge in [0.25, 0.3) is 0 Å². The molecule has 0 radical (unpaired) electrons. The molecule has 22 heavy (non-hydrogen) atoms. The highest BCUT2D eigenvalue weighted by Gasteiger charge is 2.27. The van der Waals surface area contributed by atoms with E-state index in [2.05, 4.69) is 20.7 Å². The van der Waals surface area contributed by atoms with Crippen molar-refractivity contribution in [2.24, 2.45) is 0 Å². The summed E-state index contributed by atoms with van der Waals surface area (Å²) in [7, 11) is -1.46. The number of hydrogen-bond acceptors (Lipinski definition) is 6. The predicted molar refractivity (Wildman–Crippen MR) is 87.0 cm³/mol. The monoisotopic (exact) mass is 327 g/mol. The lowest BCUT2D eigenvalue weighted by Crippen LogP contribution is -2.47. The molecule has 0 atom stereocenters. The molecule has 0 spiro atoms. The minimum Gasteiger partial charge on any atom is -0.305 e. The van der Waals surface area contributed by atoms with E-state index >= 15 is 0 Å². The summed E-state index contributed by atoms with van der Waals surface area (Å²) in [5.74, 6) is 0.590. The normalized spacial score (nSPS) is 18.4. The lowest BCUT2D eigenvalue weighted by molar-refractivity contribution is 0.222. The third kappa shape index (κ3) is 4.39. The Morgan fingerprint density at radius 3 is 2.27 bits per heavy atom. The quantitative estimate of drug-likeness (QED) is 0.794. The standard InChI is InChI=1S/C14H25N5O2S/c1-14(2,3)17-16-13-6-5-12(11-15-13)22(20,21)19-9-7-18(4)8-10-19/h5-6,11,17H,7-10H2,1-4H3,(H,15,16). The number of anilines is 1. The Labute approximate surface area is 132 Å². The molecule has 0 amide bonds. The molecule has 124 valence electrons. The molecule has 1 aromatic rings. The first-order valence-corrected chi connectivity index (χ1v) is 8.80. The van der Waals surface area contributed by atoms with E-state index in [4.69, 9.17) is 0 Å². The average molecular weight is 327 g/mol. The fourth-order valence-corrected chi connectivity index (χ4v) is 3.40. The predicted octanol–water partition coefficient (Wildman–Crippen LogP) is 0.733. The molecule has 1 aromatic heterocycles. The molecule has 1 saturated heterocycles. The van der Waals surface area contributed by atoms with E-state index in [9.17, 15) is 8.42 Å². The molecule has 1 aliphatic heterocycles. The van der Waals surface area contributed by atoms with Crippen LogP contribution in [0, 0.1) is 0 Å². The zero-order valence-electron chi connectivity index (χ0n) is 13.6. The van der Waals surface area contributed by atoms with E-state index < -0.39 is 10.0 Å².